The van der Waals surface area contributed by atoms with E-state index in [1.54, 1.807) is 0 Å². The highest BCUT2D eigenvalue weighted by atomic mass is 16.5. The summed E-state index contributed by atoms with van der Waals surface area (Å²) < 4.78 is 5.81. The normalized spacial score (nSPS) is 19.7. The van der Waals surface area contributed by atoms with Gasteiger partial charge in [-0.25, -0.2) is 0 Å². The lowest BCUT2D eigenvalue weighted by Crippen LogP contribution is -2.46. The monoisotopic (exact) mass is 206 g/mol. The fourth-order valence-corrected chi connectivity index (χ4v) is 2.02. The molecule has 0 aromatic heterocycles. The van der Waals surface area contributed by atoms with Crippen LogP contribution in [0.15, 0.2) is 18.2 Å². The molecule has 0 fully saturated rings. The molecule has 0 aliphatic carbocycles. The third-order valence-corrected chi connectivity index (χ3v) is 2.98. The molecule has 3 nitrogen and oxygen atoms in total. The smallest absolute Gasteiger partial charge is 0.145 e. The van der Waals surface area contributed by atoms with Crippen molar-refractivity contribution in [3.8, 4) is 5.75 Å². The number of para-hydroxylation sites is 1. The molecule has 0 saturated carbocycles. The van der Waals surface area contributed by atoms with Crippen LogP contribution in [0.1, 0.15) is 5.56 Å². The average Bonchev–Trinajstić information content (AvgIpc) is 2.23. The van der Waals surface area contributed by atoms with Crippen molar-refractivity contribution in [1.82, 2.24) is 5.32 Å². The van der Waals surface area contributed by atoms with Crippen LogP contribution in [0.5, 0.6) is 5.75 Å². The van der Waals surface area contributed by atoms with Crippen molar-refractivity contribution >= 4 is 5.69 Å². The van der Waals surface area contributed by atoms with Gasteiger partial charge in [0.2, 0.25) is 0 Å². The number of nitrogens with one attached hydrogen (secondary N) is 1. The number of likely N-dealkylation sites (N-methyl/N-ethyl adjacent to an activating group) is 2. The zero-order valence-electron chi connectivity index (χ0n) is 9.58. The molecule has 1 aromatic carbocycles. The lowest BCUT2D eigenvalue weighted by atomic mass is 10.1. The fourth-order valence-electron chi connectivity index (χ4n) is 2.02. The lowest BCUT2D eigenvalue weighted by molar-refractivity contribution is 0.263. The zero-order valence-corrected chi connectivity index (χ0v) is 9.58. The maximum Gasteiger partial charge on any atom is 0.145 e. The summed E-state index contributed by atoms with van der Waals surface area (Å²) in [5.41, 5.74) is 2.41. The van der Waals surface area contributed by atoms with Crippen LogP contribution in [-0.2, 0) is 0 Å². The number of fused-ring (bicyclic) bond motifs is 1. The summed E-state index contributed by atoms with van der Waals surface area (Å²) in [5.74, 6) is 1.03. The Morgan fingerprint density at radius 1 is 1.53 bits per heavy atom. The molecule has 3 heteroatoms. The summed E-state index contributed by atoms with van der Waals surface area (Å²) in [6.45, 7) is 3.80. The van der Waals surface area contributed by atoms with Crippen molar-refractivity contribution in [3.63, 3.8) is 0 Å². The van der Waals surface area contributed by atoms with Gasteiger partial charge in [-0.15, -0.1) is 0 Å². The molecule has 1 unspecified atom stereocenters. The number of benzene rings is 1. The predicted molar refractivity (Wildman–Crippen MR) is 62.8 cm³/mol. The van der Waals surface area contributed by atoms with Crippen LogP contribution in [-0.4, -0.2) is 33.3 Å². The third-order valence-electron chi connectivity index (χ3n) is 2.98. The number of nitrogens with zero attached hydrogens (tertiary/aromatic N) is 1. The van der Waals surface area contributed by atoms with Crippen LogP contribution in [0.25, 0.3) is 0 Å². The Morgan fingerprint density at radius 2 is 2.33 bits per heavy atom. The van der Waals surface area contributed by atoms with Gasteiger partial charge in [0.1, 0.15) is 12.4 Å². The number of rotatable bonds is 2. The van der Waals surface area contributed by atoms with E-state index in [9.17, 15) is 0 Å². The molecule has 0 saturated heterocycles. The SMILES string of the molecule is CNCC1COc2c(C)cccc2N1C. The van der Waals surface area contributed by atoms with Gasteiger partial charge in [0, 0.05) is 13.6 Å². The van der Waals surface area contributed by atoms with Crippen molar-refractivity contribution in [1.29, 1.82) is 0 Å². The molecule has 0 bridgehead atoms. The molecule has 1 aliphatic rings. The molecule has 1 N–H and O–H groups in total. The molecule has 0 amide bonds. The largest absolute Gasteiger partial charge is 0.489 e. The van der Waals surface area contributed by atoms with Crippen LogP contribution in [0, 0.1) is 6.92 Å². The Balaban J connectivity index is 2.30. The number of hydrogen-bond donors (Lipinski definition) is 1. The second-order valence-corrected chi connectivity index (χ2v) is 4.06. The summed E-state index contributed by atoms with van der Waals surface area (Å²) in [6, 6.07) is 6.70. The lowest BCUT2D eigenvalue weighted by Gasteiger charge is -2.36. The average molecular weight is 206 g/mol. The molecular weight excluding hydrogens is 188 g/mol. The molecule has 0 radical (unpaired) electrons. The standard InChI is InChI=1S/C12H18N2O/c1-9-5-4-6-11-12(9)15-8-10(7-13-2)14(11)3/h4-6,10,13H,7-8H2,1-3H3. The molecule has 1 heterocycles. The van der Waals surface area contributed by atoms with Crippen molar-refractivity contribution < 1.29 is 4.74 Å². The van der Waals surface area contributed by atoms with Crippen LogP contribution < -0.4 is 15.0 Å². The topological polar surface area (TPSA) is 24.5 Å². The Hall–Kier alpha value is -1.22. The van der Waals surface area contributed by atoms with Gasteiger partial charge in [-0.05, 0) is 25.6 Å². The van der Waals surface area contributed by atoms with Crippen molar-refractivity contribution in [2.45, 2.75) is 13.0 Å². The second kappa shape index (κ2) is 4.11. The van der Waals surface area contributed by atoms with Crippen LogP contribution in [0.3, 0.4) is 0 Å². The molecule has 1 aliphatic heterocycles. The molecule has 15 heavy (non-hydrogen) atoms. The highest BCUT2D eigenvalue weighted by Gasteiger charge is 2.24. The van der Waals surface area contributed by atoms with E-state index in [1.807, 2.05) is 7.05 Å². The van der Waals surface area contributed by atoms with Gasteiger partial charge in [-0.3, -0.25) is 0 Å². The Morgan fingerprint density at radius 3 is 3.07 bits per heavy atom. The highest BCUT2D eigenvalue weighted by Crippen LogP contribution is 2.35. The first-order chi connectivity index (χ1) is 7.24. The quantitative estimate of drug-likeness (QED) is 0.792. The molecular formula is C12H18N2O. The van der Waals surface area contributed by atoms with Crippen LogP contribution >= 0.6 is 0 Å². The van der Waals surface area contributed by atoms with E-state index in [0.29, 0.717) is 6.04 Å². The van der Waals surface area contributed by atoms with Crippen molar-refractivity contribution in [2.24, 2.45) is 0 Å². The predicted octanol–water partition coefficient (Wildman–Crippen LogP) is 1.41. The van der Waals surface area contributed by atoms with Gasteiger partial charge in [0.25, 0.3) is 0 Å². The maximum absolute atomic E-state index is 5.81. The first-order valence-electron chi connectivity index (χ1n) is 5.34. The summed E-state index contributed by atoms with van der Waals surface area (Å²) in [4.78, 5) is 2.29. The fraction of sp³-hybridized carbons (Fsp3) is 0.500. The molecule has 82 valence electrons. The first kappa shape index (κ1) is 10.3. The van der Waals surface area contributed by atoms with E-state index in [0.717, 1.165) is 18.9 Å². The number of hydrogen-bond acceptors (Lipinski definition) is 3. The molecule has 1 atom stereocenters. The molecule has 0 spiro atoms. The van der Waals surface area contributed by atoms with E-state index >= 15 is 0 Å². The Kier molecular flexibility index (Phi) is 2.82. The van der Waals surface area contributed by atoms with E-state index in [2.05, 4.69) is 42.4 Å². The first-order valence-corrected chi connectivity index (χ1v) is 5.34. The molecule has 2 rings (SSSR count). The summed E-state index contributed by atoms with van der Waals surface area (Å²) in [5, 5.41) is 3.19. The number of ether oxygens (including phenoxy) is 1. The second-order valence-electron chi connectivity index (χ2n) is 4.06. The van der Waals surface area contributed by atoms with Gasteiger partial charge in [-0.1, -0.05) is 12.1 Å². The minimum Gasteiger partial charge on any atom is -0.489 e. The van der Waals surface area contributed by atoms with E-state index in [1.165, 1.54) is 11.3 Å². The number of aryl methyl sites for hydroxylation is 1. The molecule has 1 aromatic rings. The van der Waals surface area contributed by atoms with Crippen molar-refractivity contribution in [3.05, 3.63) is 23.8 Å². The van der Waals surface area contributed by atoms with Gasteiger partial charge in [-0.2, -0.15) is 0 Å². The third kappa shape index (κ3) is 1.79. The summed E-state index contributed by atoms with van der Waals surface area (Å²) >= 11 is 0. The van der Waals surface area contributed by atoms with Gasteiger partial charge >= 0.3 is 0 Å². The minimum absolute atomic E-state index is 0.421. The van der Waals surface area contributed by atoms with Crippen LogP contribution in [0.2, 0.25) is 0 Å². The zero-order chi connectivity index (χ0) is 10.8. The van der Waals surface area contributed by atoms with Crippen molar-refractivity contribution in [2.75, 3.05) is 32.1 Å². The summed E-state index contributed by atoms with van der Waals surface area (Å²) in [7, 11) is 4.10. The van der Waals surface area contributed by atoms with Crippen LogP contribution in [0.4, 0.5) is 5.69 Å². The van der Waals surface area contributed by atoms with Gasteiger partial charge in [0.05, 0.1) is 11.7 Å². The van der Waals surface area contributed by atoms with E-state index < -0.39 is 0 Å². The summed E-state index contributed by atoms with van der Waals surface area (Å²) in [6.07, 6.45) is 0. The van der Waals surface area contributed by atoms with Gasteiger partial charge in [0.15, 0.2) is 0 Å². The van der Waals surface area contributed by atoms with Gasteiger partial charge < -0.3 is 15.0 Å². The minimum atomic E-state index is 0.421. The van der Waals surface area contributed by atoms with E-state index in [-0.39, 0.29) is 0 Å². The Labute approximate surface area is 91.0 Å². The number of anilines is 1. The van der Waals surface area contributed by atoms with E-state index in [4.69, 9.17) is 4.74 Å². The highest BCUT2D eigenvalue weighted by molar-refractivity contribution is 5.63. The maximum atomic E-state index is 5.81. The Bertz CT molecular complexity index is 351.